The Hall–Kier alpha value is -2.33. The Labute approximate surface area is 128 Å². The van der Waals surface area contributed by atoms with Crippen molar-refractivity contribution >= 4 is 17.4 Å². The van der Waals surface area contributed by atoms with Gasteiger partial charge in [0.05, 0.1) is 5.69 Å². The molecule has 2 N–H and O–H groups in total. The van der Waals surface area contributed by atoms with E-state index in [1.54, 1.807) is 4.68 Å². The maximum atomic E-state index is 6.23. The van der Waals surface area contributed by atoms with Crippen LogP contribution in [0.5, 0.6) is 0 Å². The molecule has 0 saturated carbocycles. The number of anilines is 1. The van der Waals surface area contributed by atoms with Crippen molar-refractivity contribution in [1.82, 2.24) is 15.0 Å². The maximum Gasteiger partial charge on any atom is 0.155 e. The third kappa shape index (κ3) is 2.50. The van der Waals surface area contributed by atoms with Crippen LogP contribution in [0, 0.1) is 13.8 Å². The normalized spacial score (nSPS) is 10.8. The summed E-state index contributed by atoms with van der Waals surface area (Å²) in [4.78, 5) is 0. The van der Waals surface area contributed by atoms with Crippen molar-refractivity contribution in [3.05, 3.63) is 58.6 Å². The topological polar surface area (TPSA) is 56.7 Å². The molecule has 2 aromatic carbocycles. The highest BCUT2D eigenvalue weighted by Gasteiger charge is 2.14. The number of nitrogens with two attached hydrogens (primary N) is 1. The van der Waals surface area contributed by atoms with E-state index in [2.05, 4.69) is 16.4 Å². The van der Waals surface area contributed by atoms with Crippen LogP contribution in [0.4, 0.5) is 5.82 Å². The minimum atomic E-state index is 0.519. The van der Waals surface area contributed by atoms with Crippen molar-refractivity contribution in [3.8, 4) is 16.9 Å². The highest BCUT2D eigenvalue weighted by Crippen LogP contribution is 2.27. The summed E-state index contributed by atoms with van der Waals surface area (Å²) in [5.41, 5.74) is 11.0. The molecule has 4 nitrogen and oxygen atoms in total. The molecule has 106 valence electrons. The fourth-order valence-electron chi connectivity index (χ4n) is 2.23. The second-order valence-corrected chi connectivity index (χ2v) is 5.47. The molecule has 3 aromatic rings. The predicted molar refractivity (Wildman–Crippen MR) is 85.7 cm³/mol. The van der Waals surface area contributed by atoms with Gasteiger partial charge >= 0.3 is 0 Å². The van der Waals surface area contributed by atoms with E-state index in [0.29, 0.717) is 16.5 Å². The third-order valence-corrected chi connectivity index (χ3v) is 3.67. The molecular weight excluding hydrogens is 284 g/mol. The van der Waals surface area contributed by atoms with Crippen LogP contribution >= 0.6 is 11.6 Å². The first kappa shape index (κ1) is 13.6. The van der Waals surface area contributed by atoms with Gasteiger partial charge in [0.1, 0.15) is 5.69 Å². The van der Waals surface area contributed by atoms with Gasteiger partial charge in [-0.1, -0.05) is 41.1 Å². The summed E-state index contributed by atoms with van der Waals surface area (Å²) in [6.07, 6.45) is 0. The van der Waals surface area contributed by atoms with Gasteiger partial charge in [-0.15, -0.1) is 5.10 Å². The van der Waals surface area contributed by atoms with Crippen LogP contribution in [0.2, 0.25) is 5.02 Å². The van der Waals surface area contributed by atoms with Crippen molar-refractivity contribution in [1.29, 1.82) is 0 Å². The summed E-state index contributed by atoms with van der Waals surface area (Å²) < 4.78 is 1.67. The van der Waals surface area contributed by atoms with Crippen molar-refractivity contribution < 1.29 is 0 Å². The monoisotopic (exact) mass is 298 g/mol. The molecule has 0 spiro atoms. The summed E-state index contributed by atoms with van der Waals surface area (Å²) in [7, 11) is 0. The quantitative estimate of drug-likeness (QED) is 0.783. The van der Waals surface area contributed by atoms with E-state index in [-0.39, 0.29) is 0 Å². The molecule has 21 heavy (non-hydrogen) atoms. The minimum absolute atomic E-state index is 0.519. The van der Waals surface area contributed by atoms with Gasteiger partial charge < -0.3 is 5.73 Å². The van der Waals surface area contributed by atoms with Crippen LogP contribution < -0.4 is 5.73 Å². The van der Waals surface area contributed by atoms with Crippen molar-refractivity contribution in [3.63, 3.8) is 0 Å². The zero-order chi connectivity index (χ0) is 15.0. The van der Waals surface area contributed by atoms with Gasteiger partial charge in [-0.3, -0.25) is 0 Å². The number of hydrogen-bond donors (Lipinski definition) is 1. The Morgan fingerprint density at radius 2 is 1.76 bits per heavy atom. The Morgan fingerprint density at radius 3 is 2.48 bits per heavy atom. The number of nitrogens with zero attached hydrogens (tertiary/aromatic N) is 3. The summed E-state index contributed by atoms with van der Waals surface area (Å²) >= 11 is 5.91. The van der Waals surface area contributed by atoms with Crippen molar-refractivity contribution in [2.45, 2.75) is 13.8 Å². The lowest BCUT2D eigenvalue weighted by Gasteiger charge is -2.08. The Morgan fingerprint density at radius 1 is 1.05 bits per heavy atom. The molecule has 0 saturated heterocycles. The van der Waals surface area contributed by atoms with E-state index in [9.17, 15) is 0 Å². The molecule has 0 fully saturated rings. The lowest BCUT2D eigenvalue weighted by atomic mass is 10.1. The Bertz CT molecular complexity index is 791. The predicted octanol–water partition coefficient (Wildman–Crippen LogP) is 3.79. The number of rotatable bonds is 2. The van der Waals surface area contributed by atoms with Gasteiger partial charge in [-0.25, -0.2) is 0 Å². The van der Waals surface area contributed by atoms with E-state index in [1.807, 2.05) is 50.2 Å². The Kier molecular flexibility index (Phi) is 3.39. The third-order valence-electron chi connectivity index (χ3n) is 3.42. The van der Waals surface area contributed by atoms with Gasteiger partial charge in [0.25, 0.3) is 0 Å². The number of aryl methyl sites for hydroxylation is 2. The Balaban J connectivity index is 2.11. The molecule has 0 aliphatic heterocycles. The summed E-state index contributed by atoms with van der Waals surface area (Å²) in [5, 5.41) is 9.08. The van der Waals surface area contributed by atoms with Crippen LogP contribution in [0.3, 0.4) is 0 Å². The van der Waals surface area contributed by atoms with Gasteiger partial charge in [-0.2, -0.15) is 4.68 Å². The maximum absolute atomic E-state index is 6.23. The van der Waals surface area contributed by atoms with Crippen molar-refractivity contribution in [2.24, 2.45) is 0 Å². The van der Waals surface area contributed by atoms with E-state index < -0.39 is 0 Å². The molecule has 0 atom stereocenters. The van der Waals surface area contributed by atoms with E-state index in [1.165, 1.54) is 0 Å². The van der Waals surface area contributed by atoms with Crippen LogP contribution in [-0.2, 0) is 0 Å². The molecule has 0 unspecified atom stereocenters. The number of aromatic nitrogens is 3. The fourth-order valence-corrected chi connectivity index (χ4v) is 2.35. The second-order valence-electron chi connectivity index (χ2n) is 5.03. The molecular formula is C16H15ClN4. The smallest absolute Gasteiger partial charge is 0.155 e. The summed E-state index contributed by atoms with van der Waals surface area (Å²) in [6, 6.07) is 13.6. The number of hydrogen-bond acceptors (Lipinski definition) is 3. The zero-order valence-electron chi connectivity index (χ0n) is 11.8. The lowest BCUT2D eigenvalue weighted by Crippen LogP contribution is -2.04. The average molecular weight is 299 g/mol. The van der Waals surface area contributed by atoms with Crippen LogP contribution in [-0.4, -0.2) is 15.0 Å². The first-order valence-corrected chi connectivity index (χ1v) is 6.99. The van der Waals surface area contributed by atoms with Crippen LogP contribution in [0.1, 0.15) is 11.1 Å². The van der Waals surface area contributed by atoms with E-state index in [0.717, 1.165) is 22.4 Å². The van der Waals surface area contributed by atoms with E-state index in [4.69, 9.17) is 17.3 Å². The molecule has 0 aliphatic carbocycles. The van der Waals surface area contributed by atoms with Gasteiger partial charge in [-0.05, 0) is 43.2 Å². The number of nitrogen functional groups attached to an aromatic ring is 1. The lowest BCUT2D eigenvalue weighted by molar-refractivity contribution is 0.805. The second kappa shape index (κ2) is 5.22. The highest BCUT2D eigenvalue weighted by atomic mass is 35.5. The SMILES string of the molecule is Cc1ccc(C)c(-n2nnc(-c3ccc(Cl)cc3)c2N)c1. The standard InChI is InChI=1S/C16H15ClN4/c1-10-3-4-11(2)14(9-10)21-16(18)15(19-20-21)12-5-7-13(17)8-6-12/h3-9H,18H2,1-2H3. The molecule has 0 bridgehead atoms. The van der Waals surface area contributed by atoms with Gasteiger partial charge in [0.2, 0.25) is 0 Å². The summed E-state index contributed by atoms with van der Waals surface area (Å²) in [6.45, 7) is 4.06. The van der Waals surface area contributed by atoms with Crippen LogP contribution in [0.15, 0.2) is 42.5 Å². The number of halogens is 1. The average Bonchev–Trinajstić information content (AvgIpc) is 2.84. The highest BCUT2D eigenvalue weighted by molar-refractivity contribution is 6.30. The van der Waals surface area contributed by atoms with Crippen LogP contribution in [0.25, 0.3) is 16.9 Å². The fraction of sp³-hybridized carbons (Fsp3) is 0.125. The molecule has 3 rings (SSSR count). The molecule has 0 radical (unpaired) electrons. The molecule has 1 heterocycles. The minimum Gasteiger partial charge on any atom is -0.382 e. The van der Waals surface area contributed by atoms with Gasteiger partial charge in [0.15, 0.2) is 5.82 Å². The molecule has 5 heteroatoms. The molecule has 0 amide bonds. The first-order valence-electron chi connectivity index (χ1n) is 6.61. The number of benzene rings is 2. The first-order chi connectivity index (χ1) is 10.1. The zero-order valence-corrected chi connectivity index (χ0v) is 12.6. The largest absolute Gasteiger partial charge is 0.382 e. The van der Waals surface area contributed by atoms with Gasteiger partial charge in [0, 0.05) is 10.6 Å². The van der Waals surface area contributed by atoms with Crippen molar-refractivity contribution in [2.75, 3.05) is 5.73 Å². The summed E-state index contributed by atoms with van der Waals surface area (Å²) in [5.74, 6) is 0.519. The molecule has 1 aromatic heterocycles. The molecule has 0 aliphatic rings. The van der Waals surface area contributed by atoms with E-state index >= 15 is 0 Å².